The van der Waals surface area contributed by atoms with Gasteiger partial charge in [0.1, 0.15) is 5.69 Å². The second kappa shape index (κ2) is 7.51. The van der Waals surface area contributed by atoms with Gasteiger partial charge in [-0.15, -0.1) is 0 Å². The standard InChI is InChI=1S/C15H19N3O2S2/c1-11(22(2)20)8-9-16-14(19)13-10-17-15(21)18(13)12-6-4-3-5-7-12/h3-7,10-11H,8-9H2,1-2H3,(H,16,19)(H,17,21). The molecule has 0 bridgehead atoms. The number of para-hydroxylation sites is 1. The second-order valence-corrected chi connectivity index (χ2v) is 7.19. The Morgan fingerprint density at radius 2 is 2.09 bits per heavy atom. The Morgan fingerprint density at radius 3 is 2.73 bits per heavy atom. The molecule has 2 N–H and O–H groups in total. The number of benzene rings is 1. The number of aromatic nitrogens is 2. The van der Waals surface area contributed by atoms with E-state index in [4.69, 9.17) is 12.2 Å². The third-order valence-electron chi connectivity index (χ3n) is 3.43. The topological polar surface area (TPSA) is 66.9 Å². The Hall–Kier alpha value is -1.73. The molecule has 2 rings (SSSR count). The van der Waals surface area contributed by atoms with Crippen molar-refractivity contribution in [1.29, 1.82) is 0 Å². The molecule has 1 heterocycles. The van der Waals surface area contributed by atoms with Crippen molar-refractivity contribution in [3.63, 3.8) is 0 Å². The maximum absolute atomic E-state index is 12.3. The number of amides is 1. The van der Waals surface area contributed by atoms with Gasteiger partial charge in [0, 0.05) is 40.7 Å². The molecule has 2 unspecified atom stereocenters. The zero-order chi connectivity index (χ0) is 16.1. The molecule has 118 valence electrons. The second-order valence-electron chi connectivity index (χ2n) is 5.00. The number of H-pyrrole nitrogens is 1. The van der Waals surface area contributed by atoms with E-state index >= 15 is 0 Å². The van der Waals surface area contributed by atoms with E-state index in [0.29, 0.717) is 23.4 Å². The molecule has 2 atom stereocenters. The fraction of sp³-hybridized carbons (Fsp3) is 0.333. The molecule has 7 heteroatoms. The first-order valence-electron chi connectivity index (χ1n) is 6.97. The lowest BCUT2D eigenvalue weighted by molar-refractivity contribution is 0.0946. The van der Waals surface area contributed by atoms with E-state index in [1.807, 2.05) is 37.3 Å². The van der Waals surface area contributed by atoms with Crippen molar-refractivity contribution in [2.75, 3.05) is 12.8 Å². The lowest BCUT2D eigenvalue weighted by Gasteiger charge is -2.11. The predicted molar refractivity (Wildman–Crippen MR) is 91.4 cm³/mol. The van der Waals surface area contributed by atoms with Gasteiger partial charge in [0.05, 0.1) is 0 Å². The highest BCUT2D eigenvalue weighted by molar-refractivity contribution is 7.84. The van der Waals surface area contributed by atoms with Crippen molar-refractivity contribution in [2.45, 2.75) is 18.6 Å². The lowest BCUT2D eigenvalue weighted by Crippen LogP contribution is -2.29. The number of nitrogens with zero attached hydrogens (tertiary/aromatic N) is 1. The predicted octanol–water partition coefficient (Wildman–Crippen LogP) is 2.42. The SMILES string of the molecule is CC(CCNC(=O)c1c[nH]c(=S)n1-c1ccccc1)S(C)=O. The number of carbonyl (C=O) groups excluding carboxylic acids is 1. The van der Waals surface area contributed by atoms with Gasteiger partial charge >= 0.3 is 0 Å². The van der Waals surface area contributed by atoms with Crippen LogP contribution in [0.3, 0.4) is 0 Å². The average Bonchev–Trinajstić information content (AvgIpc) is 2.89. The zero-order valence-electron chi connectivity index (χ0n) is 12.5. The Kier molecular flexibility index (Phi) is 5.68. The molecule has 1 amide bonds. The molecule has 5 nitrogen and oxygen atoms in total. The highest BCUT2D eigenvalue weighted by atomic mass is 32.2. The number of hydrogen-bond acceptors (Lipinski definition) is 3. The van der Waals surface area contributed by atoms with Gasteiger partial charge < -0.3 is 10.3 Å². The van der Waals surface area contributed by atoms with Crippen LogP contribution in [0.2, 0.25) is 0 Å². The van der Waals surface area contributed by atoms with Crippen molar-refractivity contribution in [1.82, 2.24) is 14.9 Å². The van der Waals surface area contributed by atoms with Crippen molar-refractivity contribution in [3.05, 3.63) is 47.0 Å². The summed E-state index contributed by atoms with van der Waals surface area (Å²) in [6.07, 6.45) is 3.95. The number of imidazole rings is 1. The monoisotopic (exact) mass is 337 g/mol. The Bertz CT molecular complexity index is 722. The van der Waals surface area contributed by atoms with E-state index < -0.39 is 10.8 Å². The summed E-state index contributed by atoms with van der Waals surface area (Å²) >= 11 is 5.25. The molecule has 0 spiro atoms. The van der Waals surface area contributed by atoms with Gasteiger partial charge in [-0.1, -0.05) is 25.1 Å². The smallest absolute Gasteiger partial charge is 0.269 e. The first kappa shape index (κ1) is 16.6. The minimum atomic E-state index is -0.879. The van der Waals surface area contributed by atoms with Gasteiger partial charge in [-0.25, -0.2) is 0 Å². The van der Waals surface area contributed by atoms with Crippen LogP contribution in [0, 0.1) is 4.77 Å². The Morgan fingerprint density at radius 1 is 1.41 bits per heavy atom. The summed E-state index contributed by atoms with van der Waals surface area (Å²) in [4.78, 5) is 15.2. The summed E-state index contributed by atoms with van der Waals surface area (Å²) in [5, 5.41) is 2.91. The highest BCUT2D eigenvalue weighted by Gasteiger charge is 2.14. The van der Waals surface area contributed by atoms with Crippen molar-refractivity contribution in [3.8, 4) is 5.69 Å². The summed E-state index contributed by atoms with van der Waals surface area (Å²) in [6.45, 7) is 2.39. The van der Waals surface area contributed by atoms with Crippen LogP contribution >= 0.6 is 12.2 Å². The first-order chi connectivity index (χ1) is 10.5. The molecule has 0 aliphatic rings. The van der Waals surface area contributed by atoms with Crippen LogP contribution in [0.4, 0.5) is 0 Å². The average molecular weight is 337 g/mol. The Labute approximate surface area is 137 Å². The maximum atomic E-state index is 12.3. The molecule has 0 radical (unpaired) electrons. The van der Waals surface area contributed by atoms with E-state index in [-0.39, 0.29) is 11.2 Å². The van der Waals surface area contributed by atoms with Crippen LogP contribution in [0.1, 0.15) is 23.8 Å². The Balaban J connectivity index is 2.12. The van der Waals surface area contributed by atoms with Crippen LogP contribution in [-0.2, 0) is 10.8 Å². The van der Waals surface area contributed by atoms with E-state index in [0.717, 1.165) is 5.69 Å². The molecule has 2 aromatic rings. The molecule has 0 saturated heterocycles. The lowest BCUT2D eigenvalue weighted by atomic mass is 10.3. The van der Waals surface area contributed by atoms with Gasteiger partial charge in [0.15, 0.2) is 4.77 Å². The summed E-state index contributed by atoms with van der Waals surface area (Å²) in [7, 11) is -0.879. The number of rotatable bonds is 6. The van der Waals surface area contributed by atoms with E-state index in [1.54, 1.807) is 17.0 Å². The fourth-order valence-corrected chi connectivity index (χ4v) is 2.73. The summed E-state index contributed by atoms with van der Waals surface area (Å²) in [5.41, 5.74) is 1.29. The van der Waals surface area contributed by atoms with E-state index in [9.17, 15) is 9.00 Å². The maximum Gasteiger partial charge on any atom is 0.269 e. The molecule has 1 aromatic heterocycles. The largest absolute Gasteiger partial charge is 0.351 e. The van der Waals surface area contributed by atoms with Crippen LogP contribution in [0.25, 0.3) is 5.69 Å². The van der Waals surface area contributed by atoms with Gasteiger partial charge in [-0.05, 0) is 30.8 Å². The summed E-state index contributed by atoms with van der Waals surface area (Å²) in [5.74, 6) is -0.203. The molecule has 0 saturated carbocycles. The highest BCUT2D eigenvalue weighted by Crippen LogP contribution is 2.12. The summed E-state index contributed by atoms with van der Waals surface area (Å²) < 4.78 is 13.5. The van der Waals surface area contributed by atoms with Crippen LogP contribution in [0.5, 0.6) is 0 Å². The first-order valence-corrected chi connectivity index (χ1v) is 9.00. The van der Waals surface area contributed by atoms with Gasteiger partial charge in [-0.2, -0.15) is 0 Å². The zero-order valence-corrected chi connectivity index (χ0v) is 14.2. The van der Waals surface area contributed by atoms with Gasteiger partial charge in [-0.3, -0.25) is 13.6 Å². The number of carbonyl (C=O) groups is 1. The van der Waals surface area contributed by atoms with Crippen molar-refractivity contribution < 1.29 is 9.00 Å². The van der Waals surface area contributed by atoms with Crippen LogP contribution in [0.15, 0.2) is 36.5 Å². The molecule has 0 fully saturated rings. The van der Waals surface area contributed by atoms with E-state index in [1.165, 1.54) is 0 Å². The molecular formula is C15H19N3O2S2. The molecule has 22 heavy (non-hydrogen) atoms. The molecule has 0 aliphatic carbocycles. The molecular weight excluding hydrogens is 318 g/mol. The van der Waals surface area contributed by atoms with Gasteiger partial charge in [0.2, 0.25) is 0 Å². The number of aromatic amines is 1. The molecule has 0 aliphatic heterocycles. The number of hydrogen-bond donors (Lipinski definition) is 2. The van der Waals surface area contributed by atoms with Crippen molar-refractivity contribution >= 4 is 28.9 Å². The van der Waals surface area contributed by atoms with E-state index in [2.05, 4.69) is 10.3 Å². The fourth-order valence-electron chi connectivity index (χ4n) is 2.01. The molecule has 1 aromatic carbocycles. The van der Waals surface area contributed by atoms with Crippen LogP contribution in [-0.4, -0.2) is 37.7 Å². The van der Waals surface area contributed by atoms with Crippen molar-refractivity contribution in [2.24, 2.45) is 0 Å². The quantitative estimate of drug-likeness (QED) is 0.796. The third kappa shape index (κ3) is 3.92. The van der Waals surface area contributed by atoms with Gasteiger partial charge in [0.25, 0.3) is 5.91 Å². The third-order valence-corrected chi connectivity index (χ3v) is 5.10. The van der Waals surface area contributed by atoms with Crippen LogP contribution < -0.4 is 5.32 Å². The number of nitrogens with one attached hydrogen (secondary N) is 2. The minimum Gasteiger partial charge on any atom is -0.351 e. The summed E-state index contributed by atoms with van der Waals surface area (Å²) in [6, 6.07) is 9.48. The minimum absolute atomic E-state index is 0.0577. The normalized spacial score (nSPS) is 13.5.